The monoisotopic (exact) mass is 416 g/mol. The quantitative estimate of drug-likeness (QED) is 0.438. The normalized spacial score (nSPS) is 22.0. The minimum atomic E-state index is -0.233. The van der Waals surface area contributed by atoms with Gasteiger partial charge in [-0.05, 0) is 66.6 Å². The molecule has 4 aromatic rings. The molecule has 0 unspecified atom stereocenters. The smallest absolute Gasteiger partial charge is 0.124 e. The van der Waals surface area contributed by atoms with Gasteiger partial charge >= 0.3 is 0 Å². The zero-order valence-corrected chi connectivity index (χ0v) is 17.2. The van der Waals surface area contributed by atoms with Crippen molar-refractivity contribution >= 4 is 10.9 Å². The van der Waals surface area contributed by atoms with Crippen LogP contribution < -0.4 is 5.32 Å². The first-order chi connectivity index (χ1) is 15.3. The average molecular weight is 417 g/mol. The Morgan fingerprint density at radius 2 is 1.77 bits per heavy atom. The highest BCUT2D eigenvalue weighted by molar-refractivity contribution is 5.85. The molecule has 0 radical (unpaired) electrons. The molecule has 2 aliphatic rings. The Bertz CT molecular complexity index is 1210. The molecular weight excluding hydrogens is 391 g/mol. The van der Waals surface area contributed by atoms with Gasteiger partial charge in [-0.25, -0.2) is 9.37 Å². The van der Waals surface area contributed by atoms with Gasteiger partial charge in [0.05, 0.1) is 24.0 Å². The van der Waals surface area contributed by atoms with E-state index in [0.29, 0.717) is 5.92 Å². The summed E-state index contributed by atoms with van der Waals surface area (Å²) in [6.45, 7) is 1.64. The predicted molar refractivity (Wildman–Crippen MR) is 118 cm³/mol. The molecular formula is C25H25FN4O. The van der Waals surface area contributed by atoms with Crippen LogP contribution in [0, 0.1) is 11.7 Å². The van der Waals surface area contributed by atoms with Gasteiger partial charge in [-0.3, -0.25) is 5.32 Å². The van der Waals surface area contributed by atoms with Crippen molar-refractivity contribution in [2.24, 2.45) is 5.92 Å². The summed E-state index contributed by atoms with van der Waals surface area (Å²) in [5, 5.41) is 5.19. The third kappa shape index (κ3) is 3.36. The van der Waals surface area contributed by atoms with Gasteiger partial charge < -0.3 is 14.7 Å². The Morgan fingerprint density at radius 1 is 0.968 bits per heavy atom. The maximum absolute atomic E-state index is 13.3. The fourth-order valence-electron chi connectivity index (χ4n) is 5.16. The minimum Gasteiger partial charge on any atom is -0.381 e. The van der Waals surface area contributed by atoms with Crippen LogP contribution in [0.2, 0.25) is 0 Å². The Morgan fingerprint density at radius 3 is 2.61 bits per heavy atom. The maximum atomic E-state index is 13.3. The molecule has 2 aliphatic heterocycles. The summed E-state index contributed by atoms with van der Waals surface area (Å²) in [4.78, 5) is 11.9. The third-order valence-corrected chi connectivity index (χ3v) is 6.76. The Labute approximate surface area is 180 Å². The van der Waals surface area contributed by atoms with Crippen LogP contribution in [0.3, 0.4) is 0 Å². The number of benzene rings is 2. The Balaban J connectivity index is 1.38. The number of H-pyrrole nitrogens is 2. The van der Waals surface area contributed by atoms with Gasteiger partial charge in [0.15, 0.2) is 0 Å². The number of hydrogen-bond acceptors (Lipinski definition) is 3. The highest BCUT2D eigenvalue weighted by atomic mass is 19.1. The van der Waals surface area contributed by atoms with E-state index in [1.807, 2.05) is 6.20 Å². The van der Waals surface area contributed by atoms with Gasteiger partial charge in [-0.15, -0.1) is 0 Å². The number of aromatic amines is 2. The summed E-state index contributed by atoms with van der Waals surface area (Å²) in [6.07, 6.45) is 4.82. The van der Waals surface area contributed by atoms with Crippen molar-refractivity contribution in [1.82, 2.24) is 20.3 Å². The van der Waals surface area contributed by atoms with Crippen LogP contribution in [0.25, 0.3) is 22.2 Å². The largest absolute Gasteiger partial charge is 0.381 e. The lowest BCUT2D eigenvalue weighted by atomic mass is 9.83. The molecule has 2 aromatic carbocycles. The summed E-state index contributed by atoms with van der Waals surface area (Å²) in [6, 6.07) is 15.4. The first-order valence-corrected chi connectivity index (χ1v) is 11.0. The molecule has 0 saturated carbocycles. The van der Waals surface area contributed by atoms with Crippen LogP contribution in [0.1, 0.15) is 42.0 Å². The second kappa shape index (κ2) is 7.62. The van der Waals surface area contributed by atoms with Gasteiger partial charge in [-0.2, -0.15) is 0 Å². The van der Waals surface area contributed by atoms with Crippen molar-refractivity contribution in [3.05, 3.63) is 77.6 Å². The molecule has 2 atom stereocenters. The van der Waals surface area contributed by atoms with E-state index >= 15 is 0 Å². The van der Waals surface area contributed by atoms with Gasteiger partial charge in [0.2, 0.25) is 0 Å². The molecule has 3 N–H and O–H groups in total. The van der Waals surface area contributed by atoms with E-state index in [9.17, 15) is 4.39 Å². The molecule has 1 saturated heterocycles. The van der Waals surface area contributed by atoms with Crippen LogP contribution in [0.15, 0.2) is 54.7 Å². The molecule has 31 heavy (non-hydrogen) atoms. The van der Waals surface area contributed by atoms with Gasteiger partial charge in [-0.1, -0.05) is 18.2 Å². The summed E-state index contributed by atoms with van der Waals surface area (Å²) >= 11 is 0. The fourth-order valence-corrected chi connectivity index (χ4v) is 5.16. The lowest BCUT2D eigenvalue weighted by Crippen LogP contribution is -2.39. The zero-order chi connectivity index (χ0) is 20.8. The number of rotatable bonds is 3. The number of para-hydroxylation sites is 1. The maximum Gasteiger partial charge on any atom is 0.124 e. The summed E-state index contributed by atoms with van der Waals surface area (Å²) < 4.78 is 18.9. The summed E-state index contributed by atoms with van der Waals surface area (Å²) in [5.41, 5.74) is 5.73. The third-order valence-electron chi connectivity index (χ3n) is 6.76. The average Bonchev–Trinajstić information content (AvgIpc) is 3.45. The molecule has 0 bridgehead atoms. The number of nitrogens with zero attached hydrogens (tertiary/aromatic N) is 1. The summed E-state index contributed by atoms with van der Waals surface area (Å²) in [5.74, 6) is 1.21. The van der Waals surface area contributed by atoms with E-state index in [4.69, 9.17) is 9.72 Å². The second-order valence-corrected chi connectivity index (χ2v) is 8.60. The summed E-state index contributed by atoms with van der Waals surface area (Å²) in [7, 11) is 0. The fraction of sp³-hybridized carbons (Fsp3) is 0.320. The Hall–Kier alpha value is -2.96. The minimum absolute atomic E-state index is 0.0914. The molecule has 158 valence electrons. The van der Waals surface area contributed by atoms with Gasteiger partial charge in [0.25, 0.3) is 0 Å². The van der Waals surface area contributed by atoms with Crippen LogP contribution >= 0.6 is 0 Å². The van der Waals surface area contributed by atoms with Crippen molar-refractivity contribution in [2.75, 3.05) is 13.2 Å². The molecule has 0 amide bonds. The van der Waals surface area contributed by atoms with E-state index in [0.717, 1.165) is 49.6 Å². The topological polar surface area (TPSA) is 65.7 Å². The lowest BCUT2D eigenvalue weighted by molar-refractivity contribution is 0.0497. The van der Waals surface area contributed by atoms with E-state index < -0.39 is 0 Å². The second-order valence-electron chi connectivity index (χ2n) is 8.60. The molecule has 4 heterocycles. The lowest BCUT2D eigenvalue weighted by Gasteiger charge is -2.37. The SMILES string of the molecule is Fc1ccc(-c2cnc([C@H]3Cc4c([nH]c5ccccc45)[C@@H](C4CCOCC4)N3)[nH]2)cc1. The molecule has 0 spiro atoms. The molecule has 5 nitrogen and oxygen atoms in total. The molecule has 6 heteroatoms. The van der Waals surface area contributed by atoms with Crippen LogP contribution in [0.5, 0.6) is 0 Å². The first-order valence-electron chi connectivity index (χ1n) is 11.0. The Kier molecular flexibility index (Phi) is 4.62. The number of halogens is 1. The van der Waals surface area contributed by atoms with Crippen molar-refractivity contribution in [3.63, 3.8) is 0 Å². The van der Waals surface area contributed by atoms with Gasteiger partial charge in [0.1, 0.15) is 11.6 Å². The number of fused-ring (bicyclic) bond motifs is 3. The van der Waals surface area contributed by atoms with E-state index in [2.05, 4.69) is 39.6 Å². The van der Waals surface area contributed by atoms with E-state index in [-0.39, 0.29) is 17.9 Å². The van der Waals surface area contributed by atoms with Crippen molar-refractivity contribution in [2.45, 2.75) is 31.3 Å². The number of imidazole rings is 1. The van der Waals surface area contributed by atoms with Crippen LogP contribution in [-0.2, 0) is 11.2 Å². The molecule has 1 fully saturated rings. The first kappa shape index (κ1) is 18.8. The van der Waals surface area contributed by atoms with Crippen molar-refractivity contribution in [1.29, 1.82) is 0 Å². The van der Waals surface area contributed by atoms with Crippen LogP contribution in [0.4, 0.5) is 4.39 Å². The van der Waals surface area contributed by atoms with E-state index in [1.54, 1.807) is 12.1 Å². The van der Waals surface area contributed by atoms with Crippen LogP contribution in [-0.4, -0.2) is 28.2 Å². The van der Waals surface area contributed by atoms with Gasteiger partial charge in [0, 0.05) is 29.8 Å². The molecule has 2 aromatic heterocycles. The number of aromatic nitrogens is 3. The van der Waals surface area contributed by atoms with Crippen molar-refractivity contribution < 1.29 is 9.13 Å². The highest BCUT2D eigenvalue weighted by Gasteiger charge is 2.36. The molecule has 6 rings (SSSR count). The standard InChI is InChI=1S/C25H25FN4O/c26-17-7-5-15(6-8-17)22-14-27-25(30-22)21-13-19-18-3-1-2-4-20(18)28-24(19)23(29-21)16-9-11-31-12-10-16/h1-8,14,16,21,23,28-29H,9-13H2,(H,27,30)/t21-,23-/m1/s1. The number of nitrogens with one attached hydrogen (secondary N) is 3. The number of hydrogen-bond donors (Lipinski definition) is 3. The van der Waals surface area contributed by atoms with Crippen molar-refractivity contribution in [3.8, 4) is 11.3 Å². The number of ether oxygens (including phenoxy) is 1. The molecule has 0 aliphatic carbocycles. The van der Waals surface area contributed by atoms with E-state index in [1.165, 1.54) is 34.3 Å². The highest BCUT2D eigenvalue weighted by Crippen LogP contribution is 2.41. The predicted octanol–water partition coefficient (Wildman–Crippen LogP) is 5.05. The zero-order valence-electron chi connectivity index (χ0n) is 17.2.